The van der Waals surface area contributed by atoms with E-state index in [2.05, 4.69) is 10.3 Å². The highest BCUT2D eigenvalue weighted by atomic mass is 35.5. The Labute approximate surface area is 97.2 Å². The highest BCUT2D eigenvalue weighted by Gasteiger charge is 2.14. The van der Waals surface area contributed by atoms with Crippen LogP contribution in [0.1, 0.15) is 12.5 Å². The lowest BCUT2D eigenvalue weighted by Crippen LogP contribution is -2.45. The number of nitrogens with zero attached hydrogens (tertiary/aromatic N) is 2. The molecule has 0 spiro atoms. The van der Waals surface area contributed by atoms with E-state index in [9.17, 15) is 4.39 Å². The summed E-state index contributed by atoms with van der Waals surface area (Å²) in [5.41, 5.74) is 10.8. The highest BCUT2D eigenvalue weighted by molar-refractivity contribution is 6.30. The Kier molecular flexibility index (Phi) is 4.01. The minimum atomic E-state index is -0.673. The summed E-state index contributed by atoms with van der Waals surface area (Å²) in [7, 11) is 0. The number of nitriles is 1. The van der Waals surface area contributed by atoms with Crippen LogP contribution in [0.3, 0.4) is 0 Å². The van der Waals surface area contributed by atoms with Gasteiger partial charge in [0.15, 0.2) is 11.6 Å². The van der Waals surface area contributed by atoms with Crippen LogP contribution in [-0.2, 0) is 0 Å². The van der Waals surface area contributed by atoms with Crippen LogP contribution in [0.2, 0.25) is 5.15 Å². The van der Waals surface area contributed by atoms with E-state index in [4.69, 9.17) is 28.3 Å². The summed E-state index contributed by atoms with van der Waals surface area (Å²) in [6, 6.07) is 2.36. The zero-order valence-electron chi connectivity index (χ0n) is 8.54. The van der Waals surface area contributed by atoms with E-state index in [1.807, 2.05) is 0 Å². The van der Waals surface area contributed by atoms with E-state index in [0.717, 1.165) is 6.07 Å². The van der Waals surface area contributed by atoms with Gasteiger partial charge in [-0.25, -0.2) is 9.37 Å². The van der Waals surface area contributed by atoms with Crippen molar-refractivity contribution in [2.24, 2.45) is 11.5 Å². The van der Waals surface area contributed by atoms with E-state index in [-0.39, 0.29) is 22.6 Å². The Balaban J connectivity index is 2.99. The molecule has 0 aliphatic rings. The average Bonchev–Trinajstić information content (AvgIpc) is 2.22. The maximum Gasteiger partial charge on any atom is 0.166 e. The van der Waals surface area contributed by atoms with Crippen molar-refractivity contribution >= 4 is 17.4 Å². The van der Waals surface area contributed by atoms with Gasteiger partial charge in [-0.15, -0.1) is 0 Å². The van der Waals surface area contributed by atoms with Crippen molar-refractivity contribution in [1.82, 2.24) is 4.98 Å². The summed E-state index contributed by atoms with van der Waals surface area (Å²) in [6.45, 7) is 1.68. The lowest BCUT2D eigenvalue weighted by Gasteiger charge is -2.18. The van der Waals surface area contributed by atoms with Gasteiger partial charge in [-0.2, -0.15) is 5.26 Å². The summed E-state index contributed by atoms with van der Waals surface area (Å²) in [4.78, 5) is 3.71. The third-order valence-corrected chi connectivity index (χ3v) is 2.28. The van der Waals surface area contributed by atoms with Gasteiger partial charge in [0.05, 0.1) is 17.8 Å². The molecule has 7 heteroatoms. The fraction of sp³-hybridized carbons (Fsp3) is 0.333. The molecule has 86 valence electrons. The van der Waals surface area contributed by atoms with Crippen molar-refractivity contribution in [3.8, 4) is 6.07 Å². The van der Waals surface area contributed by atoms with E-state index in [0.29, 0.717) is 0 Å². The Morgan fingerprint density at radius 3 is 2.75 bits per heavy atom. The average molecular weight is 244 g/mol. The van der Waals surface area contributed by atoms with Crippen LogP contribution in [0, 0.1) is 17.1 Å². The van der Waals surface area contributed by atoms with E-state index in [1.54, 1.807) is 13.0 Å². The summed E-state index contributed by atoms with van der Waals surface area (Å²) < 4.78 is 13.4. The third-order valence-electron chi connectivity index (χ3n) is 1.99. The van der Waals surface area contributed by atoms with E-state index in [1.165, 1.54) is 0 Å². The lowest BCUT2D eigenvalue weighted by atomic mass is 10.2. The number of pyridine rings is 1. The molecule has 0 fully saturated rings. The second-order valence-electron chi connectivity index (χ2n) is 3.28. The van der Waals surface area contributed by atoms with Crippen LogP contribution < -0.4 is 16.8 Å². The Hall–Kier alpha value is -1.42. The van der Waals surface area contributed by atoms with Gasteiger partial charge >= 0.3 is 0 Å². The van der Waals surface area contributed by atoms with Crippen LogP contribution in [-0.4, -0.2) is 17.2 Å². The molecule has 1 aromatic heterocycles. The second-order valence-corrected chi connectivity index (χ2v) is 3.64. The second kappa shape index (κ2) is 5.07. The van der Waals surface area contributed by atoms with Crippen LogP contribution >= 0.6 is 11.6 Å². The molecule has 5 nitrogen and oxygen atoms in total. The first-order chi connectivity index (χ1) is 7.45. The molecule has 16 heavy (non-hydrogen) atoms. The van der Waals surface area contributed by atoms with Crippen molar-refractivity contribution in [3.05, 3.63) is 22.6 Å². The summed E-state index contributed by atoms with van der Waals surface area (Å²) >= 11 is 5.66. The number of halogens is 2. The van der Waals surface area contributed by atoms with Crippen LogP contribution in [0.5, 0.6) is 0 Å². The molecule has 0 saturated carbocycles. The fourth-order valence-corrected chi connectivity index (χ4v) is 1.14. The van der Waals surface area contributed by atoms with Gasteiger partial charge < -0.3 is 16.8 Å². The molecule has 0 aliphatic heterocycles. The number of aromatic nitrogens is 1. The molecule has 0 aromatic carbocycles. The summed E-state index contributed by atoms with van der Waals surface area (Å²) in [5.74, 6) is -0.745. The molecule has 5 N–H and O–H groups in total. The zero-order valence-corrected chi connectivity index (χ0v) is 9.29. The van der Waals surface area contributed by atoms with Gasteiger partial charge in [0.25, 0.3) is 0 Å². The molecule has 0 saturated heterocycles. The van der Waals surface area contributed by atoms with E-state index >= 15 is 0 Å². The Morgan fingerprint density at radius 2 is 2.25 bits per heavy atom. The topological polar surface area (TPSA) is 101 Å². The van der Waals surface area contributed by atoms with Gasteiger partial charge in [0.1, 0.15) is 11.2 Å². The van der Waals surface area contributed by atoms with Gasteiger partial charge in [-0.05, 0) is 13.0 Å². The van der Waals surface area contributed by atoms with Crippen molar-refractivity contribution in [3.63, 3.8) is 0 Å². The largest absolute Gasteiger partial charge is 0.362 e. The Bertz CT molecular complexity index is 429. The smallest absolute Gasteiger partial charge is 0.166 e. The molecule has 1 heterocycles. The molecule has 1 aromatic rings. The quantitative estimate of drug-likeness (QED) is 0.538. The highest BCUT2D eigenvalue weighted by Crippen LogP contribution is 2.20. The molecule has 0 bridgehead atoms. The van der Waals surface area contributed by atoms with Crippen molar-refractivity contribution in [1.29, 1.82) is 5.26 Å². The monoisotopic (exact) mass is 243 g/mol. The first kappa shape index (κ1) is 12.6. The van der Waals surface area contributed by atoms with Gasteiger partial charge in [-0.3, -0.25) is 0 Å². The number of hydrogen-bond acceptors (Lipinski definition) is 5. The van der Waals surface area contributed by atoms with Crippen LogP contribution in [0.15, 0.2) is 6.07 Å². The van der Waals surface area contributed by atoms with E-state index < -0.39 is 12.0 Å². The molecule has 0 aliphatic carbocycles. The SMILES string of the molecule is CC(Nc1nc(Cl)c(C#N)cc1F)C(N)N. The van der Waals surface area contributed by atoms with Crippen LogP contribution in [0.25, 0.3) is 0 Å². The maximum atomic E-state index is 13.4. The number of rotatable bonds is 3. The number of nitrogens with two attached hydrogens (primary N) is 2. The zero-order chi connectivity index (χ0) is 12.3. The molecule has 1 atom stereocenters. The Morgan fingerprint density at radius 1 is 1.62 bits per heavy atom. The third kappa shape index (κ3) is 2.79. The number of anilines is 1. The maximum absolute atomic E-state index is 13.4. The number of hydrogen-bond donors (Lipinski definition) is 3. The van der Waals surface area contributed by atoms with Crippen molar-refractivity contribution in [2.45, 2.75) is 19.1 Å². The van der Waals surface area contributed by atoms with Gasteiger partial charge in [0.2, 0.25) is 0 Å². The molecule has 1 unspecified atom stereocenters. The molecule has 0 amide bonds. The predicted molar refractivity (Wildman–Crippen MR) is 59.2 cm³/mol. The normalized spacial score (nSPS) is 12.3. The molecular weight excluding hydrogens is 233 g/mol. The number of nitrogens with one attached hydrogen (secondary N) is 1. The molecule has 1 rings (SSSR count). The van der Waals surface area contributed by atoms with Crippen LogP contribution in [0.4, 0.5) is 10.2 Å². The standard InChI is InChI=1S/C9H11ClFN5/c1-4(8(13)14)15-9-6(11)2-5(3-12)7(10)16-9/h2,4,8H,13-14H2,1H3,(H,15,16). The van der Waals surface area contributed by atoms with Crippen molar-refractivity contribution in [2.75, 3.05) is 5.32 Å². The predicted octanol–water partition coefficient (Wildman–Crippen LogP) is 0.790. The molecular formula is C9H11ClFN5. The molecule has 0 radical (unpaired) electrons. The van der Waals surface area contributed by atoms with Gasteiger partial charge in [-0.1, -0.05) is 11.6 Å². The minimum absolute atomic E-state index is 0.0191. The first-order valence-electron chi connectivity index (χ1n) is 4.49. The fourth-order valence-electron chi connectivity index (χ4n) is 0.958. The minimum Gasteiger partial charge on any atom is -0.362 e. The van der Waals surface area contributed by atoms with Gasteiger partial charge in [0, 0.05) is 0 Å². The first-order valence-corrected chi connectivity index (χ1v) is 4.87. The lowest BCUT2D eigenvalue weighted by molar-refractivity contribution is 0.588. The summed E-state index contributed by atoms with van der Waals surface area (Å²) in [5, 5.41) is 11.2. The summed E-state index contributed by atoms with van der Waals surface area (Å²) in [6.07, 6.45) is -0.657. The van der Waals surface area contributed by atoms with Crippen molar-refractivity contribution < 1.29 is 4.39 Å².